The highest BCUT2D eigenvalue weighted by Crippen LogP contribution is 2.22. The third-order valence-electron chi connectivity index (χ3n) is 10.2. The molecule has 0 fully saturated rings. The van der Waals surface area contributed by atoms with Gasteiger partial charge in [-0.2, -0.15) is 0 Å². The number of carbonyl (C=O) groups is 5. The molecule has 4 amide bonds. The topological polar surface area (TPSA) is 172 Å². The van der Waals surface area contributed by atoms with Gasteiger partial charge in [0, 0.05) is 0 Å². The van der Waals surface area contributed by atoms with E-state index in [0.29, 0.717) is 23.5 Å². The van der Waals surface area contributed by atoms with Crippen molar-refractivity contribution in [2.24, 2.45) is 17.8 Å². The Balaban J connectivity index is 1.42. The third-order valence-corrected chi connectivity index (χ3v) is 10.2. The second kappa shape index (κ2) is 23.5. The van der Waals surface area contributed by atoms with E-state index in [1.807, 2.05) is 119 Å². The molecule has 6 atom stereocenters. The summed E-state index contributed by atoms with van der Waals surface area (Å²) in [7, 11) is 0. The van der Waals surface area contributed by atoms with Crippen LogP contribution in [0.15, 0.2) is 115 Å². The Morgan fingerprint density at radius 2 is 1.12 bits per heavy atom. The molecule has 0 heterocycles. The SMILES string of the molecule is CC[C@H](C)[C@H](NC(=O)C[C@H](O)[C@H](Cc1ccccc1)NC(=O)[C@@H](NC(=O)Cc1cccc(Oc2ccccc2)c1)C(C)C)C(=O)N[C@H](C(=O)OCc1ccccc1)C(C)C. The average Bonchev–Trinajstić information content (AvgIpc) is 3.23. The number of hydrogen-bond acceptors (Lipinski definition) is 8. The Kier molecular flexibility index (Phi) is 18.3. The molecule has 320 valence electrons. The summed E-state index contributed by atoms with van der Waals surface area (Å²) >= 11 is 0. The van der Waals surface area contributed by atoms with E-state index in [1.54, 1.807) is 38.1 Å². The molecule has 0 unspecified atom stereocenters. The maximum atomic E-state index is 13.9. The van der Waals surface area contributed by atoms with E-state index in [9.17, 15) is 29.1 Å². The highest BCUT2D eigenvalue weighted by molar-refractivity contribution is 5.91. The first-order valence-electron chi connectivity index (χ1n) is 20.7. The third kappa shape index (κ3) is 15.0. The Bertz CT molecular complexity index is 1980. The number of hydrogen-bond donors (Lipinski definition) is 5. The predicted molar refractivity (Wildman–Crippen MR) is 231 cm³/mol. The Labute approximate surface area is 353 Å². The van der Waals surface area contributed by atoms with Crippen LogP contribution in [0.25, 0.3) is 0 Å². The highest BCUT2D eigenvalue weighted by Gasteiger charge is 2.34. The lowest BCUT2D eigenvalue weighted by Gasteiger charge is -2.30. The summed E-state index contributed by atoms with van der Waals surface area (Å²) in [4.78, 5) is 67.7. The van der Waals surface area contributed by atoms with Gasteiger partial charge in [0.05, 0.1) is 25.0 Å². The van der Waals surface area contributed by atoms with Crippen molar-refractivity contribution in [3.8, 4) is 11.5 Å². The molecule has 4 aromatic carbocycles. The van der Waals surface area contributed by atoms with Crippen molar-refractivity contribution in [1.82, 2.24) is 21.3 Å². The van der Waals surface area contributed by atoms with E-state index in [-0.39, 0.29) is 43.1 Å². The fourth-order valence-corrected chi connectivity index (χ4v) is 6.54. The minimum Gasteiger partial charge on any atom is -0.459 e. The van der Waals surface area contributed by atoms with Crippen LogP contribution in [-0.4, -0.2) is 65.0 Å². The summed E-state index contributed by atoms with van der Waals surface area (Å²) < 4.78 is 11.4. The van der Waals surface area contributed by atoms with Gasteiger partial charge < -0.3 is 35.8 Å². The highest BCUT2D eigenvalue weighted by atomic mass is 16.5. The number of carbonyl (C=O) groups excluding carboxylic acids is 5. The number of rotatable bonds is 22. The average molecular weight is 821 g/mol. The number of ether oxygens (including phenoxy) is 2. The molecule has 12 nitrogen and oxygen atoms in total. The monoisotopic (exact) mass is 820 g/mol. The molecule has 0 spiro atoms. The Morgan fingerprint density at radius 1 is 0.583 bits per heavy atom. The van der Waals surface area contributed by atoms with Gasteiger partial charge in [-0.05, 0) is 65.1 Å². The minimum atomic E-state index is -1.37. The molecule has 0 bridgehead atoms. The summed E-state index contributed by atoms with van der Waals surface area (Å²) in [6, 6.07) is 31.0. The lowest BCUT2D eigenvalue weighted by Crippen LogP contribution is -2.57. The van der Waals surface area contributed by atoms with Gasteiger partial charge >= 0.3 is 5.97 Å². The van der Waals surface area contributed by atoms with Crippen LogP contribution in [-0.2, 0) is 48.2 Å². The normalized spacial score (nSPS) is 14.2. The quantitative estimate of drug-likeness (QED) is 0.0596. The molecular weight excluding hydrogens is 761 g/mol. The fourth-order valence-electron chi connectivity index (χ4n) is 6.54. The zero-order valence-corrected chi connectivity index (χ0v) is 35.4. The van der Waals surface area contributed by atoms with E-state index in [1.165, 1.54) is 0 Å². The first-order chi connectivity index (χ1) is 28.7. The number of para-hydroxylation sites is 1. The first kappa shape index (κ1) is 46.7. The first-order valence-corrected chi connectivity index (χ1v) is 20.7. The van der Waals surface area contributed by atoms with Crippen LogP contribution in [0, 0.1) is 17.8 Å². The predicted octanol–water partition coefficient (Wildman–Crippen LogP) is 6.06. The summed E-state index contributed by atoms with van der Waals surface area (Å²) in [5, 5.41) is 22.9. The van der Waals surface area contributed by atoms with Crippen molar-refractivity contribution in [3.63, 3.8) is 0 Å². The van der Waals surface area contributed by atoms with Crippen molar-refractivity contribution in [2.75, 3.05) is 0 Å². The van der Waals surface area contributed by atoms with Crippen LogP contribution in [0.5, 0.6) is 11.5 Å². The van der Waals surface area contributed by atoms with Crippen molar-refractivity contribution >= 4 is 29.6 Å². The second-order valence-corrected chi connectivity index (χ2v) is 15.9. The van der Waals surface area contributed by atoms with Gasteiger partial charge in [-0.3, -0.25) is 19.2 Å². The van der Waals surface area contributed by atoms with Gasteiger partial charge in [0.2, 0.25) is 23.6 Å². The molecule has 4 aromatic rings. The molecule has 0 saturated carbocycles. The largest absolute Gasteiger partial charge is 0.459 e. The van der Waals surface area contributed by atoms with Gasteiger partial charge in [-0.25, -0.2) is 4.79 Å². The fraction of sp³-hybridized carbons (Fsp3) is 0.396. The smallest absolute Gasteiger partial charge is 0.329 e. The number of benzene rings is 4. The summed E-state index contributed by atoms with van der Waals surface area (Å²) in [5.74, 6) is -2.37. The molecule has 0 radical (unpaired) electrons. The van der Waals surface area contributed by atoms with Crippen LogP contribution in [0.3, 0.4) is 0 Å². The minimum absolute atomic E-state index is 0.00353. The zero-order valence-electron chi connectivity index (χ0n) is 35.4. The lowest BCUT2D eigenvalue weighted by atomic mass is 9.95. The van der Waals surface area contributed by atoms with E-state index >= 15 is 0 Å². The van der Waals surface area contributed by atoms with Gasteiger partial charge in [0.15, 0.2) is 0 Å². The Hall–Kier alpha value is -6.01. The number of aliphatic hydroxyl groups excluding tert-OH is 1. The summed E-state index contributed by atoms with van der Waals surface area (Å²) in [6.07, 6.45) is -1.10. The standard InChI is InChI=1S/C48H60N4O8/c1-7-33(6)45(47(57)52-44(32(4)5)48(58)59-30-35-20-13-9-14-21-35)51-42(55)29-40(53)39(27-34-18-11-8-12-19-34)49-46(56)43(31(2)3)50-41(54)28-36-22-17-25-38(26-36)60-37-23-15-10-16-24-37/h8-26,31-33,39-40,43-45,53H,7,27-30H2,1-6H3,(H,49,56)(H,50,54)(H,51,55)(H,52,57)/t33-,39-,40-,43-,44-,45-/m0/s1. The van der Waals surface area contributed by atoms with Crippen LogP contribution in [0.4, 0.5) is 0 Å². The molecule has 60 heavy (non-hydrogen) atoms. The van der Waals surface area contributed by atoms with Crippen LogP contribution >= 0.6 is 0 Å². The molecular formula is C48H60N4O8. The number of esters is 1. The van der Waals surface area contributed by atoms with Gasteiger partial charge in [0.1, 0.15) is 36.2 Å². The van der Waals surface area contributed by atoms with Gasteiger partial charge in [0.25, 0.3) is 0 Å². The van der Waals surface area contributed by atoms with E-state index in [2.05, 4.69) is 21.3 Å². The van der Waals surface area contributed by atoms with Crippen molar-refractivity contribution in [3.05, 3.63) is 132 Å². The maximum absolute atomic E-state index is 13.9. The van der Waals surface area contributed by atoms with Crippen LogP contribution in [0.1, 0.15) is 71.1 Å². The van der Waals surface area contributed by atoms with Gasteiger partial charge in [-0.1, -0.05) is 139 Å². The number of nitrogens with one attached hydrogen (secondary N) is 4. The van der Waals surface area contributed by atoms with Crippen molar-refractivity contribution in [1.29, 1.82) is 0 Å². The molecule has 0 aliphatic heterocycles. The molecule has 12 heteroatoms. The molecule has 0 aliphatic carbocycles. The molecule has 5 N–H and O–H groups in total. The molecule has 0 aliphatic rings. The lowest BCUT2D eigenvalue weighted by molar-refractivity contribution is -0.150. The van der Waals surface area contributed by atoms with Gasteiger partial charge in [-0.15, -0.1) is 0 Å². The molecule has 0 saturated heterocycles. The van der Waals surface area contributed by atoms with E-state index in [4.69, 9.17) is 9.47 Å². The van der Waals surface area contributed by atoms with E-state index < -0.39 is 60.4 Å². The van der Waals surface area contributed by atoms with Crippen molar-refractivity contribution in [2.45, 2.75) is 104 Å². The van der Waals surface area contributed by atoms with E-state index in [0.717, 1.165) is 11.1 Å². The second-order valence-electron chi connectivity index (χ2n) is 15.9. The van der Waals surface area contributed by atoms with Crippen LogP contribution < -0.4 is 26.0 Å². The summed E-state index contributed by atoms with van der Waals surface area (Å²) in [5.41, 5.74) is 2.31. The van der Waals surface area contributed by atoms with Crippen molar-refractivity contribution < 1.29 is 38.6 Å². The maximum Gasteiger partial charge on any atom is 0.329 e. The number of amides is 4. The number of aliphatic hydroxyl groups is 1. The molecule has 4 rings (SSSR count). The summed E-state index contributed by atoms with van der Waals surface area (Å²) in [6.45, 7) is 10.9. The molecule has 0 aromatic heterocycles. The zero-order chi connectivity index (χ0) is 43.6. The Morgan fingerprint density at radius 3 is 1.72 bits per heavy atom. The van der Waals surface area contributed by atoms with Crippen LogP contribution in [0.2, 0.25) is 0 Å².